The lowest BCUT2D eigenvalue weighted by molar-refractivity contribution is -0.120. The Morgan fingerprint density at radius 2 is 1.90 bits per heavy atom. The highest BCUT2D eigenvalue weighted by Crippen LogP contribution is 2.14. The Morgan fingerprint density at radius 3 is 2.45 bits per heavy atom. The minimum absolute atomic E-state index is 0.0358. The van der Waals surface area contributed by atoms with Crippen molar-refractivity contribution in [1.29, 1.82) is 0 Å². The zero-order chi connectivity index (χ0) is 15.3. The van der Waals surface area contributed by atoms with Gasteiger partial charge in [0.15, 0.2) is 0 Å². The van der Waals surface area contributed by atoms with E-state index in [1.165, 1.54) is 6.07 Å². The standard InChI is InChI=1S/C14H22N2O3S/c1-5-12(4)16-14(17)9-15-20(18,19)13-7-6-10(2)11(3)8-13/h6-8,12,15H,5,9H2,1-4H3,(H,16,17). The third kappa shape index (κ3) is 4.61. The van der Waals surface area contributed by atoms with Gasteiger partial charge < -0.3 is 5.32 Å². The molecule has 0 aromatic heterocycles. The van der Waals surface area contributed by atoms with Crippen molar-refractivity contribution < 1.29 is 13.2 Å². The Labute approximate surface area is 120 Å². The topological polar surface area (TPSA) is 75.3 Å². The highest BCUT2D eigenvalue weighted by molar-refractivity contribution is 7.89. The Hall–Kier alpha value is -1.40. The molecule has 5 nitrogen and oxygen atoms in total. The molecule has 0 heterocycles. The van der Waals surface area contributed by atoms with Crippen LogP contribution in [0.15, 0.2) is 23.1 Å². The Kier molecular flexibility index (Phi) is 5.71. The van der Waals surface area contributed by atoms with E-state index in [-0.39, 0.29) is 23.4 Å². The average molecular weight is 298 g/mol. The van der Waals surface area contributed by atoms with Crippen LogP contribution < -0.4 is 10.0 Å². The van der Waals surface area contributed by atoms with Crippen LogP contribution in [-0.2, 0) is 14.8 Å². The molecule has 112 valence electrons. The number of rotatable bonds is 6. The van der Waals surface area contributed by atoms with E-state index in [2.05, 4.69) is 10.0 Å². The van der Waals surface area contributed by atoms with E-state index in [1.54, 1.807) is 12.1 Å². The largest absolute Gasteiger partial charge is 0.353 e. The second kappa shape index (κ2) is 6.85. The number of hydrogen-bond acceptors (Lipinski definition) is 3. The number of benzene rings is 1. The van der Waals surface area contributed by atoms with Gasteiger partial charge in [0.2, 0.25) is 15.9 Å². The summed E-state index contributed by atoms with van der Waals surface area (Å²) >= 11 is 0. The number of carbonyl (C=O) groups excluding carboxylic acids is 1. The van der Waals surface area contributed by atoms with Crippen molar-refractivity contribution in [3.05, 3.63) is 29.3 Å². The van der Waals surface area contributed by atoms with Gasteiger partial charge in [0.1, 0.15) is 0 Å². The van der Waals surface area contributed by atoms with Gasteiger partial charge in [-0.3, -0.25) is 4.79 Å². The van der Waals surface area contributed by atoms with Crippen molar-refractivity contribution in [1.82, 2.24) is 10.0 Å². The van der Waals surface area contributed by atoms with Gasteiger partial charge in [-0.15, -0.1) is 0 Å². The third-order valence-corrected chi connectivity index (χ3v) is 4.63. The van der Waals surface area contributed by atoms with Crippen LogP contribution in [0, 0.1) is 13.8 Å². The average Bonchev–Trinajstić information content (AvgIpc) is 2.39. The lowest BCUT2D eigenvalue weighted by Gasteiger charge is -2.12. The minimum atomic E-state index is -3.65. The molecule has 1 aromatic rings. The molecule has 0 saturated carbocycles. The van der Waals surface area contributed by atoms with E-state index < -0.39 is 10.0 Å². The molecule has 0 radical (unpaired) electrons. The summed E-state index contributed by atoms with van der Waals surface area (Å²) in [6, 6.07) is 4.93. The minimum Gasteiger partial charge on any atom is -0.353 e. The maximum atomic E-state index is 12.1. The van der Waals surface area contributed by atoms with Crippen LogP contribution >= 0.6 is 0 Å². The van der Waals surface area contributed by atoms with Crippen molar-refractivity contribution in [3.63, 3.8) is 0 Å². The van der Waals surface area contributed by atoms with E-state index in [1.807, 2.05) is 27.7 Å². The number of aryl methyl sites for hydroxylation is 2. The van der Waals surface area contributed by atoms with Crippen molar-refractivity contribution in [3.8, 4) is 0 Å². The molecule has 2 N–H and O–H groups in total. The summed E-state index contributed by atoms with van der Waals surface area (Å²) < 4.78 is 26.4. The Balaban J connectivity index is 2.70. The molecule has 0 aliphatic rings. The fraction of sp³-hybridized carbons (Fsp3) is 0.500. The maximum Gasteiger partial charge on any atom is 0.241 e. The van der Waals surface area contributed by atoms with Gasteiger partial charge in [-0.05, 0) is 50.5 Å². The first-order chi connectivity index (χ1) is 9.26. The normalized spacial score (nSPS) is 13.0. The van der Waals surface area contributed by atoms with E-state index in [0.29, 0.717) is 0 Å². The summed E-state index contributed by atoms with van der Waals surface area (Å²) in [5.74, 6) is -0.327. The zero-order valence-electron chi connectivity index (χ0n) is 12.4. The highest BCUT2D eigenvalue weighted by Gasteiger charge is 2.16. The van der Waals surface area contributed by atoms with Crippen LogP contribution in [0.1, 0.15) is 31.4 Å². The van der Waals surface area contributed by atoms with Crippen molar-refractivity contribution in [2.24, 2.45) is 0 Å². The van der Waals surface area contributed by atoms with Gasteiger partial charge in [-0.2, -0.15) is 0 Å². The molecular weight excluding hydrogens is 276 g/mol. The summed E-state index contributed by atoms with van der Waals surface area (Å²) in [6.07, 6.45) is 0.801. The molecule has 1 atom stereocenters. The second-order valence-corrected chi connectivity index (χ2v) is 6.71. The number of carbonyl (C=O) groups is 1. The van der Waals surface area contributed by atoms with Gasteiger partial charge in [-0.1, -0.05) is 13.0 Å². The SMILES string of the molecule is CCC(C)NC(=O)CNS(=O)(=O)c1ccc(C)c(C)c1. The molecular formula is C14H22N2O3S. The van der Waals surface area contributed by atoms with Crippen LogP contribution in [0.5, 0.6) is 0 Å². The van der Waals surface area contributed by atoms with E-state index >= 15 is 0 Å². The van der Waals surface area contributed by atoms with Crippen LogP contribution in [0.4, 0.5) is 0 Å². The number of sulfonamides is 1. The molecule has 0 aliphatic heterocycles. The molecule has 0 aliphatic carbocycles. The second-order valence-electron chi connectivity index (χ2n) is 4.95. The molecule has 0 fully saturated rings. The Bertz CT molecular complexity index is 582. The highest BCUT2D eigenvalue weighted by atomic mass is 32.2. The molecule has 0 saturated heterocycles. The molecule has 6 heteroatoms. The third-order valence-electron chi connectivity index (χ3n) is 3.23. The van der Waals surface area contributed by atoms with Crippen LogP contribution in [0.25, 0.3) is 0 Å². The number of hydrogen-bond donors (Lipinski definition) is 2. The van der Waals surface area contributed by atoms with Crippen LogP contribution in [0.3, 0.4) is 0 Å². The molecule has 20 heavy (non-hydrogen) atoms. The first-order valence-electron chi connectivity index (χ1n) is 6.62. The molecule has 1 unspecified atom stereocenters. The quantitative estimate of drug-likeness (QED) is 0.835. The van der Waals surface area contributed by atoms with Gasteiger partial charge in [-0.25, -0.2) is 13.1 Å². The first kappa shape index (κ1) is 16.7. The summed E-state index contributed by atoms with van der Waals surface area (Å²) in [6.45, 7) is 7.34. The first-order valence-corrected chi connectivity index (χ1v) is 8.11. The molecule has 0 spiro atoms. The van der Waals surface area contributed by atoms with Crippen LogP contribution in [-0.4, -0.2) is 26.9 Å². The van der Waals surface area contributed by atoms with Crippen molar-refractivity contribution in [2.75, 3.05) is 6.54 Å². The fourth-order valence-corrected chi connectivity index (χ4v) is 2.62. The van der Waals surface area contributed by atoms with E-state index in [0.717, 1.165) is 17.5 Å². The predicted octanol–water partition coefficient (Wildman–Crippen LogP) is 1.50. The lowest BCUT2D eigenvalue weighted by atomic mass is 10.1. The summed E-state index contributed by atoms with van der Waals surface area (Å²) in [5.41, 5.74) is 1.93. The Morgan fingerprint density at radius 1 is 1.25 bits per heavy atom. The molecule has 1 aromatic carbocycles. The summed E-state index contributed by atoms with van der Waals surface area (Å²) in [5, 5.41) is 2.71. The van der Waals surface area contributed by atoms with Crippen LogP contribution in [0.2, 0.25) is 0 Å². The molecule has 1 amide bonds. The lowest BCUT2D eigenvalue weighted by Crippen LogP contribution is -2.40. The molecule has 1 rings (SSSR count). The maximum absolute atomic E-state index is 12.1. The molecule has 0 bridgehead atoms. The summed E-state index contributed by atoms with van der Waals surface area (Å²) in [7, 11) is -3.65. The monoisotopic (exact) mass is 298 g/mol. The van der Waals surface area contributed by atoms with Gasteiger partial charge in [0.05, 0.1) is 11.4 Å². The predicted molar refractivity (Wildman–Crippen MR) is 79.0 cm³/mol. The van der Waals surface area contributed by atoms with Gasteiger partial charge in [0, 0.05) is 6.04 Å². The smallest absolute Gasteiger partial charge is 0.241 e. The van der Waals surface area contributed by atoms with Crippen molar-refractivity contribution >= 4 is 15.9 Å². The van der Waals surface area contributed by atoms with Crippen molar-refractivity contribution in [2.45, 2.75) is 45.1 Å². The van der Waals surface area contributed by atoms with E-state index in [9.17, 15) is 13.2 Å². The number of amides is 1. The fourth-order valence-electron chi connectivity index (χ4n) is 1.55. The summed E-state index contributed by atoms with van der Waals surface area (Å²) in [4.78, 5) is 11.8. The zero-order valence-corrected chi connectivity index (χ0v) is 13.2. The number of nitrogens with one attached hydrogen (secondary N) is 2. The van der Waals surface area contributed by atoms with Gasteiger partial charge >= 0.3 is 0 Å². The van der Waals surface area contributed by atoms with Gasteiger partial charge in [0.25, 0.3) is 0 Å². The van der Waals surface area contributed by atoms with E-state index in [4.69, 9.17) is 0 Å².